The van der Waals surface area contributed by atoms with E-state index < -0.39 is 6.61 Å². The van der Waals surface area contributed by atoms with E-state index >= 15 is 0 Å². The molecule has 0 spiro atoms. The van der Waals surface area contributed by atoms with Crippen molar-refractivity contribution in [3.63, 3.8) is 0 Å². The van der Waals surface area contributed by atoms with Gasteiger partial charge in [-0.1, -0.05) is 18.2 Å². The predicted octanol–water partition coefficient (Wildman–Crippen LogP) is 3.62. The summed E-state index contributed by atoms with van der Waals surface area (Å²) in [5.41, 5.74) is 2.83. The lowest BCUT2D eigenvalue weighted by molar-refractivity contribution is -0.0505. The largest absolute Gasteiger partial charge is 0.497 e. The summed E-state index contributed by atoms with van der Waals surface area (Å²) in [6.07, 6.45) is 0. The Morgan fingerprint density at radius 2 is 1.78 bits per heavy atom. The van der Waals surface area contributed by atoms with Crippen LogP contribution in [0.1, 0.15) is 11.1 Å². The summed E-state index contributed by atoms with van der Waals surface area (Å²) in [6.45, 7) is 1.04. The Kier molecular flexibility index (Phi) is 10.7. The summed E-state index contributed by atoms with van der Waals surface area (Å²) < 4.78 is 40.7. The monoisotopic (exact) mass is 562 g/mol. The number of morpholine rings is 1. The number of halogens is 3. The lowest BCUT2D eigenvalue weighted by Gasteiger charge is -2.30. The molecule has 0 atom stereocenters. The van der Waals surface area contributed by atoms with Gasteiger partial charge in [0.2, 0.25) is 0 Å². The Balaban J connectivity index is 0.00000363. The van der Waals surface area contributed by atoms with Gasteiger partial charge in [0.25, 0.3) is 0 Å². The molecule has 1 aliphatic rings. The second-order valence-electron chi connectivity index (χ2n) is 6.86. The van der Waals surface area contributed by atoms with Crippen LogP contribution in [0.4, 0.5) is 14.5 Å². The van der Waals surface area contributed by atoms with Gasteiger partial charge in [0.15, 0.2) is 5.96 Å². The van der Waals surface area contributed by atoms with Crippen LogP contribution in [0.15, 0.2) is 47.5 Å². The van der Waals surface area contributed by atoms with Crippen molar-refractivity contribution in [2.24, 2.45) is 4.99 Å². The van der Waals surface area contributed by atoms with Gasteiger partial charge in [-0.05, 0) is 29.8 Å². The molecular weight excluding hydrogens is 533 g/mol. The molecule has 0 aromatic heterocycles. The third-order valence-electron chi connectivity index (χ3n) is 4.94. The van der Waals surface area contributed by atoms with Gasteiger partial charge in [-0.3, -0.25) is 4.99 Å². The van der Waals surface area contributed by atoms with Gasteiger partial charge in [0, 0.05) is 44.5 Å². The maximum absolute atomic E-state index is 12.7. The molecule has 2 aromatic carbocycles. The van der Waals surface area contributed by atoms with E-state index in [9.17, 15) is 8.78 Å². The van der Waals surface area contributed by atoms with Crippen LogP contribution in [0.25, 0.3) is 0 Å². The number of hydrogen-bond acceptors (Lipinski definition) is 5. The third kappa shape index (κ3) is 7.37. The average molecular weight is 562 g/mol. The van der Waals surface area contributed by atoms with E-state index in [1.165, 1.54) is 13.2 Å². The number of aliphatic imine (C=N–C) groups is 1. The van der Waals surface area contributed by atoms with Crippen molar-refractivity contribution < 1.29 is 23.0 Å². The Morgan fingerprint density at radius 1 is 1.09 bits per heavy atom. The fraction of sp³-hybridized carbons (Fsp3) is 0.409. The molecular formula is C22H29F2IN4O3. The van der Waals surface area contributed by atoms with E-state index in [4.69, 9.17) is 9.47 Å². The second kappa shape index (κ2) is 13.3. The summed E-state index contributed by atoms with van der Waals surface area (Å²) in [5.74, 6) is 1.19. The fourth-order valence-corrected chi connectivity index (χ4v) is 3.38. The molecule has 10 heteroatoms. The van der Waals surface area contributed by atoms with Crippen LogP contribution in [0.3, 0.4) is 0 Å². The van der Waals surface area contributed by atoms with Crippen molar-refractivity contribution in [2.75, 3.05) is 45.4 Å². The summed E-state index contributed by atoms with van der Waals surface area (Å²) in [7, 11) is 3.18. The van der Waals surface area contributed by atoms with E-state index in [1.807, 2.05) is 12.1 Å². The number of guanidine groups is 1. The van der Waals surface area contributed by atoms with Gasteiger partial charge in [-0.15, -0.1) is 24.0 Å². The Labute approximate surface area is 204 Å². The minimum Gasteiger partial charge on any atom is -0.497 e. The predicted molar refractivity (Wildman–Crippen MR) is 132 cm³/mol. The van der Waals surface area contributed by atoms with Crippen molar-refractivity contribution in [2.45, 2.75) is 19.7 Å². The van der Waals surface area contributed by atoms with E-state index in [2.05, 4.69) is 37.4 Å². The standard InChI is InChI=1S/C22H28F2N4O3.HI/c1-25-22(27-15-17-13-18(29-2)7-8-20(17)31-21(23)24)26-14-16-5-3-4-6-19(16)28-9-11-30-12-10-28;/h3-8,13,21H,9-12,14-15H2,1-2H3,(H2,25,26,27);1H. The van der Waals surface area contributed by atoms with Crippen molar-refractivity contribution in [3.05, 3.63) is 53.6 Å². The third-order valence-corrected chi connectivity index (χ3v) is 4.94. The van der Waals surface area contributed by atoms with Crippen LogP contribution in [0.5, 0.6) is 11.5 Å². The summed E-state index contributed by atoms with van der Waals surface area (Å²) in [6, 6.07) is 12.9. The highest BCUT2D eigenvalue weighted by atomic mass is 127. The van der Waals surface area contributed by atoms with E-state index in [0.29, 0.717) is 37.0 Å². The zero-order valence-corrected chi connectivity index (χ0v) is 20.5. The van der Waals surface area contributed by atoms with Gasteiger partial charge < -0.3 is 29.7 Å². The number of rotatable bonds is 8. The number of para-hydroxylation sites is 1. The summed E-state index contributed by atoms with van der Waals surface area (Å²) in [4.78, 5) is 6.54. The number of benzene rings is 2. The Hall–Kier alpha value is -2.34. The molecule has 32 heavy (non-hydrogen) atoms. The SMILES string of the molecule is CN=C(NCc1cc(OC)ccc1OC(F)F)NCc1ccccc1N1CCOCC1.I. The van der Waals surface area contributed by atoms with Crippen molar-refractivity contribution >= 4 is 35.6 Å². The van der Waals surface area contributed by atoms with Gasteiger partial charge in [-0.2, -0.15) is 8.78 Å². The van der Waals surface area contributed by atoms with Crippen LogP contribution in [0, 0.1) is 0 Å². The number of ether oxygens (including phenoxy) is 3. The maximum atomic E-state index is 12.7. The number of alkyl halides is 2. The van der Waals surface area contributed by atoms with Crippen molar-refractivity contribution in [1.29, 1.82) is 0 Å². The van der Waals surface area contributed by atoms with Crippen LogP contribution >= 0.6 is 24.0 Å². The minimum atomic E-state index is -2.90. The highest BCUT2D eigenvalue weighted by Crippen LogP contribution is 2.26. The summed E-state index contributed by atoms with van der Waals surface area (Å²) >= 11 is 0. The van der Waals surface area contributed by atoms with Crippen LogP contribution in [-0.4, -0.2) is 53.0 Å². The van der Waals surface area contributed by atoms with Gasteiger partial charge in [0.1, 0.15) is 11.5 Å². The minimum absolute atomic E-state index is 0. The lowest BCUT2D eigenvalue weighted by Crippen LogP contribution is -2.39. The number of anilines is 1. The molecule has 0 amide bonds. The molecule has 2 aromatic rings. The van der Waals surface area contributed by atoms with E-state index in [0.717, 1.165) is 24.3 Å². The Bertz CT molecular complexity index is 880. The molecule has 0 unspecified atom stereocenters. The van der Waals surface area contributed by atoms with E-state index in [1.54, 1.807) is 19.2 Å². The van der Waals surface area contributed by atoms with Gasteiger partial charge >= 0.3 is 6.61 Å². The highest BCUT2D eigenvalue weighted by Gasteiger charge is 2.15. The normalized spacial score (nSPS) is 14.0. The molecule has 0 saturated carbocycles. The molecule has 2 N–H and O–H groups in total. The van der Waals surface area contributed by atoms with Gasteiger partial charge in [0.05, 0.1) is 20.3 Å². The quantitative estimate of drug-likeness (QED) is 0.291. The second-order valence-corrected chi connectivity index (χ2v) is 6.86. The molecule has 1 fully saturated rings. The maximum Gasteiger partial charge on any atom is 0.387 e. The number of nitrogens with one attached hydrogen (secondary N) is 2. The van der Waals surface area contributed by atoms with Crippen molar-refractivity contribution in [3.8, 4) is 11.5 Å². The number of hydrogen-bond donors (Lipinski definition) is 2. The molecule has 0 bridgehead atoms. The summed E-state index contributed by atoms with van der Waals surface area (Å²) in [5, 5.41) is 6.43. The molecule has 7 nitrogen and oxygen atoms in total. The topological polar surface area (TPSA) is 67.4 Å². The molecule has 1 saturated heterocycles. The lowest BCUT2D eigenvalue weighted by atomic mass is 10.1. The van der Waals surface area contributed by atoms with Crippen LogP contribution < -0.4 is 25.0 Å². The van der Waals surface area contributed by atoms with Crippen molar-refractivity contribution in [1.82, 2.24) is 10.6 Å². The van der Waals surface area contributed by atoms with Crippen LogP contribution in [-0.2, 0) is 17.8 Å². The van der Waals surface area contributed by atoms with Gasteiger partial charge in [-0.25, -0.2) is 0 Å². The first-order valence-corrected chi connectivity index (χ1v) is 10.1. The average Bonchev–Trinajstić information content (AvgIpc) is 2.80. The molecule has 0 radical (unpaired) electrons. The Morgan fingerprint density at radius 3 is 2.44 bits per heavy atom. The molecule has 176 valence electrons. The smallest absolute Gasteiger partial charge is 0.387 e. The molecule has 0 aliphatic carbocycles. The first-order chi connectivity index (χ1) is 15.1. The highest BCUT2D eigenvalue weighted by molar-refractivity contribution is 14.0. The molecule has 3 rings (SSSR count). The first kappa shape index (κ1) is 25.9. The number of nitrogens with zero attached hydrogens (tertiary/aromatic N) is 2. The zero-order valence-electron chi connectivity index (χ0n) is 18.1. The molecule has 1 aliphatic heterocycles. The number of methoxy groups -OCH3 is 1. The molecule has 1 heterocycles. The fourth-order valence-electron chi connectivity index (χ4n) is 3.38. The first-order valence-electron chi connectivity index (χ1n) is 10.1. The zero-order chi connectivity index (χ0) is 22.1. The van der Waals surface area contributed by atoms with Crippen LogP contribution in [0.2, 0.25) is 0 Å². The van der Waals surface area contributed by atoms with E-state index in [-0.39, 0.29) is 36.3 Å².